The maximum atomic E-state index is 6.10. The van der Waals surface area contributed by atoms with E-state index in [1.54, 1.807) is 0 Å². The van der Waals surface area contributed by atoms with Crippen LogP contribution in [0.15, 0.2) is 205 Å². The highest BCUT2D eigenvalue weighted by Crippen LogP contribution is 2.56. The van der Waals surface area contributed by atoms with E-state index in [9.17, 15) is 0 Å². The third-order valence-corrected chi connectivity index (χ3v) is 12.7. The lowest BCUT2D eigenvalue weighted by Crippen LogP contribution is -2.28. The van der Waals surface area contributed by atoms with Crippen LogP contribution >= 0.6 is 0 Å². The summed E-state index contributed by atoms with van der Waals surface area (Å²) in [6.07, 6.45) is 1.93. The Bertz CT molecular complexity index is 3600. The molecule has 0 atom stereocenters. The maximum Gasteiger partial charge on any atom is 0.227 e. The number of para-hydroxylation sites is 3. The summed E-state index contributed by atoms with van der Waals surface area (Å²) >= 11 is 0. The highest BCUT2D eigenvalue weighted by atomic mass is 16.3. The number of pyridine rings is 1. The highest BCUT2D eigenvalue weighted by Gasteiger charge is 2.46. The van der Waals surface area contributed by atoms with Crippen molar-refractivity contribution in [3.63, 3.8) is 0 Å². The van der Waals surface area contributed by atoms with Crippen LogP contribution in [0.25, 0.3) is 88.2 Å². The van der Waals surface area contributed by atoms with Gasteiger partial charge in [0.1, 0.15) is 5.58 Å². The summed E-state index contributed by atoms with van der Waals surface area (Å²) in [5.41, 5.74) is 15.6. The molecule has 0 saturated carbocycles. The Morgan fingerprint density at radius 3 is 1.64 bits per heavy atom. The van der Waals surface area contributed by atoms with E-state index in [1.807, 2.05) is 18.3 Å². The fraction of sp³-hybridized carbons (Fsp3) is 0.0185. The van der Waals surface area contributed by atoms with Gasteiger partial charge in [-0.2, -0.15) is 0 Å². The molecule has 12 aromatic rings. The lowest BCUT2D eigenvalue weighted by molar-refractivity contribution is 0.654. The molecule has 0 N–H and O–H groups in total. The summed E-state index contributed by atoms with van der Waals surface area (Å²) in [6.45, 7) is 0. The van der Waals surface area contributed by atoms with Gasteiger partial charge in [0.2, 0.25) is 5.71 Å². The first-order valence-electron chi connectivity index (χ1n) is 19.9. The van der Waals surface area contributed by atoms with E-state index < -0.39 is 5.41 Å². The van der Waals surface area contributed by atoms with Crippen LogP contribution in [-0.4, -0.2) is 14.1 Å². The van der Waals surface area contributed by atoms with Crippen LogP contribution in [0.2, 0.25) is 0 Å². The van der Waals surface area contributed by atoms with Crippen molar-refractivity contribution in [1.82, 2.24) is 14.1 Å². The number of benzene rings is 8. The van der Waals surface area contributed by atoms with Crippen molar-refractivity contribution in [3.8, 4) is 22.5 Å². The second-order valence-corrected chi connectivity index (χ2v) is 15.5. The van der Waals surface area contributed by atoms with Gasteiger partial charge in [-0.25, -0.2) is 4.98 Å². The maximum absolute atomic E-state index is 6.10. The molecule has 13 rings (SSSR count). The number of nitrogens with zero attached hydrogens (tertiary/aromatic N) is 3. The van der Waals surface area contributed by atoms with Crippen LogP contribution in [-0.2, 0) is 5.41 Å². The molecule has 4 nitrogen and oxygen atoms in total. The fourth-order valence-electron chi connectivity index (χ4n) is 10.3. The minimum atomic E-state index is -0.465. The third-order valence-electron chi connectivity index (χ3n) is 12.7. The van der Waals surface area contributed by atoms with E-state index in [0.29, 0.717) is 5.71 Å². The molecule has 58 heavy (non-hydrogen) atoms. The molecular weight excluding hydrogens is 707 g/mol. The summed E-state index contributed by atoms with van der Waals surface area (Å²) in [6, 6.07) is 71.0. The highest BCUT2D eigenvalue weighted by molar-refractivity contribution is 6.13. The van der Waals surface area contributed by atoms with Gasteiger partial charge in [0.05, 0.1) is 44.8 Å². The molecule has 4 heterocycles. The Labute approximate surface area is 333 Å². The van der Waals surface area contributed by atoms with Crippen molar-refractivity contribution in [2.75, 3.05) is 0 Å². The molecule has 0 radical (unpaired) electrons. The summed E-state index contributed by atoms with van der Waals surface area (Å²) < 4.78 is 10.9. The van der Waals surface area contributed by atoms with Gasteiger partial charge in [-0.05, 0) is 88.0 Å². The second kappa shape index (κ2) is 11.7. The molecule has 0 fully saturated rings. The summed E-state index contributed by atoms with van der Waals surface area (Å²) in [5.74, 6) is 0. The van der Waals surface area contributed by atoms with Gasteiger partial charge in [0.25, 0.3) is 0 Å². The molecular formula is C54H33N3O. The first-order valence-corrected chi connectivity index (χ1v) is 19.9. The lowest BCUT2D eigenvalue weighted by Gasteiger charge is -2.34. The van der Waals surface area contributed by atoms with Gasteiger partial charge < -0.3 is 13.6 Å². The van der Waals surface area contributed by atoms with E-state index in [-0.39, 0.29) is 0 Å². The molecule has 1 aliphatic carbocycles. The average molecular weight is 740 g/mol. The number of fused-ring (bicyclic) bond motifs is 12. The third kappa shape index (κ3) is 4.10. The Balaban J connectivity index is 1.04. The van der Waals surface area contributed by atoms with Crippen LogP contribution in [0.4, 0.5) is 0 Å². The largest absolute Gasteiger partial charge is 0.438 e. The van der Waals surface area contributed by atoms with Gasteiger partial charge in [0.15, 0.2) is 0 Å². The molecule has 0 spiro atoms. The number of rotatable bonds is 4. The Hall–Kier alpha value is -7.69. The summed E-state index contributed by atoms with van der Waals surface area (Å²) in [4.78, 5) is 4.81. The summed E-state index contributed by atoms with van der Waals surface area (Å²) in [5, 5.41) is 6.94. The molecule has 4 aromatic heterocycles. The zero-order chi connectivity index (χ0) is 38.0. The molecule has 270 valence electrons. The quantitative estimate of drug-likeness (QED) is 0.180. The topological polar surface area (TPSA) is 35.9 Å². The van der Waals surface area contributed by atoms with E-state index >= 15 is 0 Å². The number of furan rings is 1. The van der Waals surface area contributed by atoms with Crippen molar-refractivity contribution < 1.29 is 4.42 Å². The van der Waals surface area contributed by atoms with Crippen LogP contribution in [0.5, 0.6) is 0 Å². The van der Waals surface area contributed by atoms with Crippen molar-refractivity contribution in [3.05, 3.63) is 223 Å². The fourth-order valence-corrected chi connectivity index (χ4v) is 10.3. The van der Waals surface area contributed by atoms with Crippen molar-refractivity contribution in [1.29, 1.82) is 0 Å². The van der Waals surface area contributed by atoms with Gasteiger partial charge >= 0.3 is 0 Å². The lowest BCUT2D eigenvalue weighted by atomic mass is 9.67. The predicted octanol–water partition coefficient (Wildman–Crippen LogP) is 13.5. The van der Waals surface area contributed by atoms with E-state index in [2.05, 4.69) is 191 Å². The zero-order valence-corrected chi connectivity index (χ0v) is 31.3. The SMILES string of the molecule is c1ccc(C2(c3ccc4c(c3)c3ccccc3n4-c3ccc4c(c3)c3ccccc3n4-c3cnc4oc5ccccc5c4c3)c3ccccc3-c3ccccc32)cc1. The van der Waals surface area contributed by atoms with Gasteiger partial charge in [-0.3, -0.25) is 0 Å². The van der Waals surface area contributed by atoms with E-state index in [4.69, 9.17) is 9.40 Å². The smallest absolute Gasteiger partial charge is 0.227 e. The predicted molar refractivity (Wildman–Crippen MR) is 237 cm³/mol. The Morgan fingerprint density at radius 1 is 0.379 bits per heavy atom. The van der Waals surface area contributed by atoms with Crippen LogP contribution in [0.3, 0.4) is 0 Å². The first-order chi connectivity index (χ1) is 28.8. The molecule has 0 amide bonds. The summed E-state index contributed by atoms with van der Waals surface area (Å²) in [7, 11) is 0. The minimum Gasteiger partial charge on any atom is -0.438 e. The van der Waals surface area contributed by atoms with Crippen LogP contribution in [0.1, 0.15) is 22.3 Å². The number of hydrogen-bond acceptors (Lipinski definition) is 2. The first kappa shape index (κ1) is 31.5. The molecule has 0 saturated heterocycles. The minimum absolute atomic E-state index is 0.465. The molecule has 0 unspecified atom stereocenters. The molecule has 1 aliphatic rings. The standard InChI is InChI=1S/C54H33N3O/c1-2-14-34(15-3-1)54(46-21-9-4-16-38(46)39-17-5-10-22-47(39)54)35-26-28-50-43(30-35)40-18-6-11-23-48(40)56(50)36-27-29-51-44(31-36)41-19-7-12-24-49(41)57(51)37-32-45-42-20-8-13-25-52(42)58-53(45)55-33-37/h1-33H. The van der Waals surface area contributed by atoms with E-state index in [1.165, 1.54) is 66.0 Å². The van der Waals surface area contributed by atoms with Crippen molar-refractivity contribution >= 4 is 65.7 Å². The van der Waals surface area contributed by atoms with Gasteiger partial charge in [0, 0.05) is 32.6 Å². The molecule has 0 bridgehead atoms. The molecule has 8 aromatic carbocycles. The Kier molecular flexibility index (Phi) is 6.34. The molecule has 0 aliphatic heterocycles. The average Bonchev–Trinajstić information content (AvgIpc) is 4.02. The van der Waals surface area contributed by atoms with E-state index in [0.717, 1.165) is 38.8 Å². The number of aromatic nitrogens is 3. The van der Waals surface area contributed by atoms with Crippen molar-refractivity contribution in [2.45, 2.75) is 5.41 Å². The molecule has 4 heteroatoms. The van der Waals surface area contributed by atoms with Crippen molar-refractivity contribution in [2.24, 2.45) is 0 Å². The number of hydrogen-bond donors (Lipinski definition) is 0. The normalized spacial score (nSPS) is 13.3. The van der Waals surface area contributed by atoms with Crippen LogP contribution < -0.4 is 0 Å². The Morgan fingerprint density at radius 2 is 0.914 bits per heavy atom. The second-order valence-electron chi connectivity index (χ2n) is 15.5. The monoisotopic (exact) mass is 739 g/mol. The van der Waals surface area contributed by atoms with Gasteiger partial charge in [-0.15, -0.1) is 0 Å². The van der Waals surface area contributed by atoms with Crippen LogP contribution in [0, 0.1) is 0 Å². The zero-order valence-electron chi connectivity index (χ0n) is 31.3. The van der Waals surface area contributed by atoms with Gasteiger partial charge in [-0.1, -0.05) is 140 Å².